The van der Waals surface area contributed by atoms with E-state index >= 15 is 0 Å². The molecule has 0 amide bonds. The summed E-state index contributed by atoms with van der Waals surface area (Å²) in [5.41, 5.74) is 1.09. The Morgan fingerprint density at radius 3 is 2.65 bits per heavy atom. The molecule has 0 saturated carbocycles. The van der Waals surface area contributed by atoms with Crippen LogP contribution in [0.25, 0.3) is 0 Å². The van der Waals surface area contributed by atoms with Gasteiger partial charge >= 0.3 is 5.97 Å². The first-order valence-corrected chi connectivity index (χ1v) is 7.69. The average molecular weight is 356 g/mol. The molecule has 0 bridgehead atoms. The fourth-order valence-corrected chi connectivity index (χ4v) is 3.70. The summed E-state index contributed by atoms with van der Waals surface area (Å²) in [7, 11) is 0. The summed E-state index contributed by atoms with van der Waals surface area (Å²) in [5.74, 6) is -0.993. The zero-order valence-corrected chi connectivity index (χ0v) is 13.5. The second-order valence-electron chi connectivity index (χ2n) is 4.54. The SMILES string of the molecule is Cc1cc(=O)n(CCc2ccc(Br)s2)c(C)c1C(=O)O. The van der Waals surface area contributed by atoms with Crippen LogP contribution in [0.5, 0.6) is 0 Å². The van der Waals surface area contributed by atoms with E-state index in [1.165, 1.54) is 10.6 Å². The number of hydrogen-bond acceptors (Lipinski definition) is 3. The molecule has 0 aliphatic carbocycles. The normalized spacial score (nSPS) is 10.8. The lowest BCUT2D eigenvalue weighted by Gasteiger charge is -2.13. The van der Waals surface area contributed by atoms with Gasteiger partial charge in [-0.2, -0.15) is 0 Å². The summed E-state index contributed by atoms with van der Waals surface area (Å²) in [6.45, 7) is 3.82. The molecule has 106 valence electrons. The maximum atomic E-state index is 12.0. The number of carboxylic acids is 1. The van der Waals surface area contributed by atoms with Crippen molar-refractivity contribution in [1.82, 2.24) is 4.57 Å². The van der Waals surface area contributed by atoms with Crippen LogP contribution >= 0.6 is 27.3 Å². The smallest absolute Gasteiger partial charge is 0.337 e. The third-order valence-corrected chi connectivity index (χ3v) is 4.87. The number of pyridine rings is 1. The first kappa shape index (κ1) is 15.0. The van der Waals surface area contributed by atoms with Crippen molar-refractivity contribution >= 4 is 33.2 Å². The summed E-state index contributed by atoms with van der Waals surface area (Å²) < 4.78 is 2.58. The van der Waals surface area contributed by atoms with Gasteiger partial charge in [0.2, 0.25) is 0 Å². The Kier molecular flexibility index (Phi) is 4.45. The van der Waals surface area contributed by atoms with E-state index in [1.807, 2.05) is 12.1 Å². The summed E-state index contributed by atoms with van der Waals surface area (Å²) in [4.78, 5) is 24.4. The largest absolute Gasteiger partial charge is 0.478 e. The molecule has 2 aromatic rings. The molecule has 0 unspecified atom stereocenters. The summed E-state index contributed by atoms with van der Waals surface area (Å²) in [5, 5.41) is 9.23. The molecule has 0 fully saturated rings. The molecule has 0 atom stereocenters. The van der Waals surface area contributed by atoms with Gasteiger partial charge < -0.3 is 9.67 Å². The van der Waals surface area contributed by atoms with Crippen LogP contribution in [0.15, 0.2) is 26.8 Å². The van der Waals surface area contributed by atoms with Crippen molar-refractivity contribution in [3.8, 4) is 0 Å². The fraction of sp³-hybridized carbons (Fsp3) is 0.286. The van der Waals surface area contributed by atoms with Crippen molar-refractivity contribution in [3.63, 3.8) is 0 Å². The van der Waals surface area contributed by atoms with E-state index in [4.69, 9.17) is 0 Å². The molecule has 2 aromatic heterocycles. The minimum atomic E-state index is -0.993. The van der Waals surface area contributed by atoms with Crippen LogP contribution in [-0.4, -0.2) is 15.6 Å². The lowest BCUT2D eigenvalue weighted by Crippen LogP contribution is -2.26. The summed E-state index contributed by atoms with van der Waals surface area (Å²) in [6.07, 6.45) is 0.707. The molecular weight excluding hydrogens is 342 g/mol. The predicted molar refractivity (Wildman–Crippen MR) is 82.9 cm³/mol. The molecule has 0 aliphatic rings. The van der Waals surface area contributed by atoms with E-state index in [0.717, 1.165) is 8.66 Å². The van der Waals surface area contributed by atoms with E-state index < -0.39 is 5.97 Å². The number of aromatic nitrogens is 1. The van der Waals surface area contributed by atoms with Gasteiger partial charge in [0.1, 0.15) is 0 Å². The maximum Gasteiger partial charge on any atom is 0.337 e. The molecule has 2 heterocycles. The van der Waals surface area contributed by atoms with Crippen LogP contribution in [0.4, 0.5) is 0 Å². The Bertz CT molecular complexity index is 718. The molecule has 0 aromatic carbocycles. The minimum absolute atomic E-state index is 0.152. The molecular formula is C14H14BrNO3S. The molecule has 1 N–H and O–H groups in total. The van der Waals surface area contributed by atoms with Crippen molar-refractivity contribution in [3.05, 3.63) is 54.0 Å². The number of hydrogen-bond donors (Lipinski definition) is 1. The molecule has 0 saturated heterocycles. The van der Waals surface area contributed by atoms with Crippen LogP contribution in [0.1, 0.15) is 26.5 Å². The minimum Gasteiger partial charge on any atom is -0.478 e. The van der Waals surface area contributed by atoms with Crippen molar-refractivity contribution in [1.29, 1.82) is 0 Å². The van der Waals surface area contributed by atoms with Gasteiger partial charge in [0.05, 0.1) is 9.35 Å². The Morgan fingerprint density at radius 2 is 2.10 bits per heavy atom. The lowest BCUT2D eigenvalue weighted by molar-refractivity contribution is 0.0694. The van der Waals surface area contributed by atoms with Crippen LogP contribution in [0.3, 0.4) is 0 Å². The van der Waals surface area contributed by atoms with Gasteiger partial charge in [-0.05, 0) is 53.9 Å². The fourth-order valence-electron chi connectivity index (χ4n) is 2.23. The highest BCUT2D eigenvalue weighted by molar-refractivity contribution is 9.11. The van der Waals surface area contributed by atoms with Gasteiger partial charge in [-0.25, -0.2) is 4.79 Å². The third-order valence-electron chi connectivity index (χ3n) is 3.19. The monoisotopic (exact) mass is 355 g/mol. The lowest BCUT2D eigenvalue weighted by atomic mass is 10.1. The Labute approximate surface area is 128 Å². The number of halogens is 1. The number of carbonyl (C=O) groups is 1. The molecule has 0 aliphatic heterocycles. The van der Waals surface area contributed by atoms with Crippen molar-refractivity contribution < 1.29 is 9.90 Å². The van der Waals surface area contributed by atoms with E-state index in [2.05, 4.69) is 15.9 Å². The maximum absolute atomic E-state index is 12.0. The number of thiophene rings is 1. The second-order valence-corrected chi connectivity index (χ2v) is 7.09. The van der Waals surface area contributed by atoms with Crippen LogP contribution in [0, 0.1) is 13.8 Å². The molecule has 20 heavy (non-hydrogen) atoms. The van der Waals surface area contributed by atoms with E-state index in [9.17, 15) is 14.7 Å². The predicted octanol–water partition coefficient (Wildman–Crippen LogP) is 3.23. The number of aromatic carboxylic acids is 1. The third kappa shape index (κ3) is 3.02. The first-order chi connectivity index (χ1) is 9.40. The van der Waals surface area contributed by atoms with E-state index in [1.54, 1.807) is 25.2 Å². The van der Waals surface area contributed by atoms with Gasteiger partial charge in [0.25, 0.3) is 5.56 Å². The zero-order chi connectivity index (χ0) is 14.9. The van der Waals surface area contributed by atoms with E-state index in [0.29, 0.717) is 24.2 Å². The Morgan fingerprint density at radius 1 is 1.40 bits per heavy atom. The zero-order valence-electron chi connectivity index (χ0n) is 11.1. The highest BCUT2D eigenvalue weighted by Gasteiger charge is 2.15. The van der Waals surface area contributed by atoms with Gasteiger partial charge in [-0.1, -0.05) is 0 Å². The summed E-state index contributed by atoms with van der Waals surface area (Å²) >= 11 is 5.02. The average Bonchev–Trinajstić information content (AvgIpc) is 2.73. The first-order valence-electron chi connectivity index (χ1n) is 6.08. The Balaban J connectivity index is 2.34. The molecule has 4 nitrogen and oxygen atoms in total. The molecule has 0 radical (unpaired) electrons. The second kappa shape index (κ2) is 5.93. The Hall–Kier alpha value is -1.40. The number of nitrogens with zero attached hydrogens (tertiary/aromatic N) is 1. The van der Waals surface area contributed by atoms with Gasteiger partial charge in [0.15, 0.2) is 0 Å². The summed E-state index contributed by atoms with van der Waals surface area (Å²) in [6, 6.07) is 5.36. The van der Waals surface area contributed by atoms with E-state index in [-0.39, 0.29) is 11.1 Å². The van der Waals surface area contributed by atoms with Gasteiger partial charge in [-0.3, -0.25) is 4.79 Å². The number of rotatable bonds is 4. The van der Waals surface area contributed by atoms with Crippen LogP contribution in [-0.2, 0) is 13.0 Å². The van der Waals surface area contributed by atoms with Crippen LogP contribution < -0.4 is 5.56 Å². The van der Waals surface area contributed by atoms with Gasteiger partial charge in [0, 0.05) is 23.2 Å². The standard InChI is InChI=1S/C14H14BrNO3S/c1-8-7-12(17)16(9(2)13(8)14(18)19)6-5-10-3-4-11(15)20-10/h3-4,7H,5-6H2,1-2H3,(H,18,19). The van der Waals surface area contributed by atoms with Crippen LogP contribution in [0.2, 0.25) is 0 Å². The van der Waals surface area contributed by atoms with Gasteiger partial charge in [-0.15, -0.1) is 11.3 Å². The highest BCUT2D eigenvalue weighted by atomic mass is 79.9. The van der Waals surface area contributed by atoms with Crippen molar-refractivity contribution in [2.45, 2.75) is 26.8 Å². The molecule has 2 rings (SSSR count). The topological polar surface area (TPSA) is 59.3 Å². The number of carboxylic acid groups (broad SMARTS) is 1. The van der Waals surface area contributed by atoms with Crippen molar-refractivity contribution in [2.75, 3.05) is 0 Å². The van der Waals surface area contributed by atoms with Crippen molar-refractivity contribution in [2.24, 2.45) is 0 Å². The highest BCUT2D eigenvalue weighted by Crippen LogP contribution is 2.23. The molecule has 6 heteroatoms. The number of aryl methyl sites for hydroxylation is 2. The molecule has 0 spiro atoms. The quantitative estimate of drug-likeness (QED) is 0.915.